The van der Waals surface area contributed by atoms with Gasteiger partial charge in [0.2, 0.25) is 0 Å². The van der Waals surface area contributed by atoms with E-state index in [0.29, 0.717) is 24.2 Å². The minimum absolute atomic E-state index is 0.1000. The predicted octanol–water partition coefficient (Wildman–Crippen LogP) is 2.93. The summed E-state index contributed by atoms with van der Waals surface area (Å²) in [6.45, 7) is 4.70. The van der Waals surface area contributed by atoms with Crippen molar-refractivity contribution in [2.45, 2.75) is 33.1 Å². The van der Waals surface area contributed by atoms with E-state index >= 15 is 0 Å². The van der Waals surface area contributed by atoms with Gasteiger partial charge >= 0.3 is 0 Å². The van der Waals surface area contributed by atoms with Crippen molar-refractivity contribution in [3.8, 4) is 5.69 Å². The molecule has 1 aromatic heterocycles. The first-order valence-corrected chi connectivity index (χ1v) is 8.24. The average Bonchev–Trinajstić information content (AvgIpc) is 3.09. The molecule has 1 amide bonds. The van der Waals surface area contributed by atoms with E-state index in [1.165, 1.54) is 23.1 Å². The molecule has 0 bridgehead atoms. The van der Waals surface area contributed by atoms with E-state index in [2.05, 4.69) is 24.3 Å². The van der Waals surface area contributed by atoms with E-state index in [9.17, 15) is 14.3 Å². The van der Waals surface area contributed by atoms with Crippen LogP contribution in [0, 0.1) is 11.2 Å². The van der Waals surface area contributed by atoms with Crippen molar-refractivity contribution >= 4 is 5.91 Å². The number of amides is 1. The van der Waals surface area contributed by atoms with Crippen molar-refractivity contribution in [1.29, 1.82) is 0 Å². The highest BCUT2D eigenvalue weighted by molar-refractivity contribution is 5.93. The van der Waals surface area contributed by atoms with E-state index in [1.54, 1.807) is 18.2 Å². The number of benzene rings is 1. The lowest BCUT2D eigenvalue weighted by molar-refractivity contribution is 0.0907. The molecule has 130 valence electrons. The van der Waals surface area contributed by atoms with Crippen LogP contribution in [-0.2, 0) is 0 Å². The average molecular weight is 333 g/mol. The molecule has 0 spiro atoms. The Bertz CT molecular complexity index is 680. The maximum absolute atomic E-state index is 13.8. The monoisotopic (exact) mass is 333 g/mol. The molecular weight excluding hydrogens is 309 g/mol. The van der Waals surface area contributed by atoms with E-state index in [-0.39, 0.29) is 17.9 Å². The molecule has 0 radical (unpaired) electrons. The number of hydrogen-bond acceptors (Lipinski definition) is 3. The Hall–Kier alpha value is -2.21. The van der Waals surface area contributed by atoms with Crippen LogP contribution in [0.2, 0.25) is 0 Å². The number of aliphatic hydroxyl groups is 1. The summed E-state index contributed by atoms with van der Waals surface area (Å²) in [4.78, 5) is 12.3. The Morgan fingerprint density at radius 3 is 2.67 bits per heavy atom. The number of halogens is 1. The summed E-state index contributed by atoms with van der Waals surface area (Å²) in [5.74, 6) is -0.645. The maximum Gasteiger partial charge on any atom is 0.254 e. The highest BCUT2D eigenvalue weighted by Gasteiger charge is 2.26. The van der Waals surface area contributed by atoms with Gasteiger partial charge in [0.25, 0.3) is 5.91 Å². The van der Waals surface area contributed by atoms with Gasteiger partial charge in [-0.15, -0.1) is 0 Å². The van der Waals surface area contributed by atoms with Crippen LogP contribution in [0.15, 0.2) is 36.7 Å². The number of rotatable bonds is 8. The number of nitrogens with zero attached hydrogens (tertiary/aromatic N) is 2. The third-order valence-corrected chi connectivity index (χ3v) is 4.71. The van der Waals surface area contributed by atoms with Crippen LogP contribution >= 0.6 is 0 Å². The molecule has 1 aromatic carbocycles. The number of carbonyl (C=O) groups is 1. The molecule has 6 heteroatoms. The van der Waals surface area contributed by atoms with E-state index in [0.717, 1.165) is 12.8 Å². The van der Waals surface area contributed by atoms with Gasteiger partial charge in [0, 0.05) is 19.3 Å². The molecule has 2 rings (SSSR count). The van der Waals surface area contributed by atoms with Crippen LogP contribution < -0.4 is 5.32 Å². The van der Waals surface area contributed by atoms with Gasteiger partial charge in [-0.05, 0) is 36.8 Å². The lowest BCUT2D eigenvalue weighted by Crippen LogP contribution is -2.37. The first-order valence-electron chi connectivity index (χ1n) is 8.24. The molecule has 0 aliphatic heterocycles. The van der Waals surface area contributed by atoms with Crippen molar-refractivity contribution < 1.29 is 14.3 Å². The Morgan fingerprint density at radius 1 is 1.33 bits per heavy atom. The van der Waals surface area contributed by atoms with Crippen molar-refractivity contribution in [3.63, 3.8) is 0 Å². The standard InChI is InChI=1S/C18H24FN3O2/c1-3-18(4-2,9-10-23)13-20-17(24)14-11-21-22(12-14)16-8-6-5-7-15(16)19/h5-8,11-12,23H,3-4,9-10,13H2,1-2H3,(H,20,24). The van der Waals surface area contributed by atoms with Crippen LogP contribution in [0.5, 0.6) is 0 Å². The van der Waals surface area contributed by atoms with Crippen LogP contribution in [0.3, 0.4) is 0 Å². The van der Waals surface area contributed by atoms with Gasteiger partial charge < -0.3 is 10.4 Å². The van der Waals surface area contributed by atoms with Gasteiger partial charge in [0.15, 0.2) is 0 Å². The zero-order chi connectivity index (χ0) is 17.6. The molecule has 0 atom stereocenters. The maximum atomic E-state index is 13.8. The minimum atomic E-state index is -0.397. The summed E-state index contributed by atoms with van der Waals surface area (Å²) in [7, 11) is 0. The first kappa shape index (κ1) is 18.1. The summed E-state index contributed by atoms with van der Waals surface area (Å²) in [6, 6.07) is 6.27. The lowest BCUT2D eigenvalue weighted by Gasteiger charge is -2.31. The molecule has 2 aromatic rings. The van der Waals surface area contributed by atoms with Crippen LogP contribution in [-0.4, -0.2) is 33.9 Å². The van der Waals surface area contributed by atoms with Crippen LogP contribution in [0.25, 0.3) is 5.69 Å². The fraction of sp³-hybridized carbons (Fsp3) is 0.444. The largest absolute Gasteiger partial charge is 0.396 e. The Morgan fingerprint density at radius 2 is 2.04 bits per heavy atom. The number of carbonyl (C=O) groups excluding carboxylic acids is 1. The quantitative estimate of drug-likeness (QED) is 0.780. The molecule has 0 saturated carbocycles. The van der Waals surface area contributed by atoms with Gasteiger partial charge in [0.1, 0.15) is 11.5 Å². The fourth-order valence-corrected chi connectivity index (χ4v) is 2.76. The van der Waals surface area contributed by atoms with E-state index < -0.39 is 5.82 Å². The highest BCUT2D eigenvalue weighted by Crippen LogP contribution is 2.29. The molecule has 0 unspecified atom stereocenters. The second-order valence-electron chi connectivity index (χ2n) is 5.99. The summed E-state index contributed by atoms with van der Waals surface area (Å²) >= 11 is 0. The fourth-order valence-electron chi connectivity index (χ4n) is 2.76. The van der Waals surface area contributed by atoms with Gasteiger partial charge in [-0.25, -0.2) is 9.07 Å². The summed E-state index contributed by atoms with van der Waals surface area (Å²) in [5, 5.41) is 16.2. The zero-order valence-electron chi connectivity index (χ0n) is 14.1. The number of aliphatic hydroxyl groups excluding tert-OH is 1. The SMILES string of the molecule is CCC(CC)(CCO)CNC(=O)c1cnn(-c2ccccc2F)c1. The second-order valence-corrected chi connectivity index (χ2v) is 5.99. The molecular formula is C18H24FN3O2. The summed E-state index contributed by atoms with van der Waals surface area (Å²) in [6.07, 6.45) is 5.33. The van der Waals surface area contributed by atoms with Crippen molar-refractivity contribution in [3.05, 3.63) is 48.0 Å². The number of para-hydroxylation sites is 1. The highest BCUT2D eigenvalue weighted by atomic mass is 19.1. The van der Waals surface area contributed by atoms with Gasteiger partial charge in [0.05, 0.1) is 11.8 Å². The Kier molecular flexibility index (Phi) is 6.09. The van der Waals surface area contributed by atoms with Crippen LogP contribution in [0.4, 0.5) is 4.39 Å². The smallest absolute Gasteiger partial charge is 0.254 e. The summed E-state index contributed by atoms with van der Waals surface area (Å²) < 4.78 is 15.1. The molecule has 1 heterocycles. The molecule has 0 saturated heterocycles. The number of hydrogen-bond donors (Lipinski definition) is 2. The Balaban J connectivity index is 2.07. The molecule has 0 aliphatic carbocycles. The third-order valence-electron chi connectivity index (χ3n) is 4.71. The Labute approximate surface area is 141 Å². The van der Waals surface area contributed by atoms with Crippen LogP contribution in [0.1, 0.15) is 43.5 Å². The summed E-state index contributed by atoms with van der Waals surface area (Å²) in [5.41, 5.74) is 0.572. The van der Waals surface area contributed by atoms with Crippen molar-refractivity contribution in [2.75, 3.05) is 13.2 Å². The molecule has 2 N–H and O–H groups in total. The molecule has 0 aliphatic rings. The second kappa shape index (κ2) is 8.06. The van der Waals surface area contributed by atoms with Gasteiger partial charge in [-0.2, -0.15) is 5.10 Å². The first-order chi connectivity index (χ1) is 11.5. The topological polar surface area (TPSA) is 67.2 Å². The molecule has 5 nitrogen and oxygen atoms in total. The third kappa shape index (κ3) is 4.00. The van der Waals surface area contributed by atoms with Gasteiger partial charge in [-0.1, -0.05) is 26.0 Å². The predicted molar refractivity (Wildman–Crippen MR) is 90.6 cm³/mol. The number of aromatic nitrogens is 2. The lowest BCUT2D eigenvalue weighted by atomic mass is 9.79. The van der Waals surface area contributed by atoms with E-state index in [1.807, 2.05) is 0 Å². The number of nitrogens with one attached hydrogen (secondary N) is 1. The van der Waals surface area contributed by atoms with Crippen molar-refractivity contribution in [2.24, 2.45) is 5.41 Å². The molecule has 24 heavy (non-hydrogen) atoms. The zero-order valence-corrected chi connectivity index (χ0v) is 14.1. The molecule has 0 fully saturated rings. The minimum Gasteiger partial charge on any atom is -0.396 e. The van der Waals surface area contributed by atoms with Gasteiger partial charge in [-0.3, -0.25) is 4.79 Å². The normalized spacial score (nSPS) is 11.5. The van der Waals surface area contributed by atoms with Crippen molar-refractivity contribution in [1.82, 2.24) is 15.1 Å². The van der Waals surface area contributed by atoms with E-state index in [4.69, 9.17) is 0 Å².